The standard InChI is InChI=1S/C12H17N3O/c1-2-5-14-6-8-15(9-7-14)11-3-4-13-12(16)10-11/h2-4,10H,1,5-9H2,(H,13,16). The molecule has 0 atom stereocenters. The second-order valence-electron chi connectivity index (χ2n) is 3.99. The number of hydrogen-bond acceptors (Lipinski definition) is 3. The molecule has 0 aromatic carbocycles. The van der Waals surface area contributed by atoms with Crippen LogP contribution in [0.1, 0.15) is 0 Å². The van der Waals surface area contributed by atoms with Crippen LogP contribution in [0, 0.1) is 0 Å². The number of anilines is 1. The molecule has 4 nitrogen and oxygen atoms in total. The normalized spacial score (nSPS) is 17.4. The Bertz CT molecular complexity index is 405. The summed E-state index contributed by atoms with van der Waals surface area (Å²) >= 11 is 0. The summed E-state index contributed by atoms with van der Waals surface area (Å²) in [7, 11) is 0. The molecule has 0 spiro atoms. The zero-order chi connectivity index (χ0) is 11.4. The average molecular weight is 219 g/mol. The number of nitrogens with zero attached hydrogens (tertiary/aromatic N) is 2. The second kappa shape index (κ2) is 4.99. The van der Waals surface area contributed by atoms with Crippen molar-refractivity contribution in [2.45, 2.75) is 0 Å². The van der Waals surface area contributed by atoms with E-state index in [1.807, 2.05) is 12.1 Å². The zero-order valence-electron chi connectivity index (χ0n) is 9.35. The van der Waals surface area contributed by atoms with Crippen molar-refractivity contribution in [2.75, 3.05) is 37.6 Å². The number of rotatable bonds is 3. The first kappa shape index (κ1) is 11.0. The van der Waals surface area contributed by atoms with Gasteiger partial charge < -0.3 is 9.88 Å². The summed E-state index contributed by atoms with van der Waals surface area (Å²) < 4.78 is 0. The van der Waals surface area contributed by atoms with Crippen molar-refractivity contribution >= 4 is 5.69 Å². The van der Waals surface area contributed by atoms with Crippen molar-refractivity contribution in [1.82, 2.24) is 9.88 Å². The molecule has 0 saturated carbocycles. The second-order valence-corrected chi connectivity index (χ2v) is 3.99. The van der Waals surface area contributed by atoms with E-state index < -0.39 is 0 Å². The predicted molar refractivity (Wildman–Crippen MR) is 65.9 cm³/mol. The lowest BCUT2D eigenvalue weighted by molar-refractivity contribution is 0.284. The zero-order valence-corrected chi connectivity index (χ0v) is 9.35. The van der Waals surface area contributed by atoms with Gasteiger partial charge in [-0.3, -0.25) is 9.69 Å². The van der Waals surface area contributed by atoms with E-state index in [0.29, 0.717) is 0 Å². The van der Waals surface area contributed by atoms with Crippen LogP contribution in [-0.4, -0.2) is 42.6 Å². The molecule has 86 valence electrons. The third kappa shape index (κ3) is 2.52. The highest BCUT2D eigenvalue weighted by molar-refractivity contribution is 5.44. The molecule has 0 radical (unpaired) electrons. The van der Waals surface area contributed by atoms with Crippen LogP contribution < -0.4 is 10.5 Å². The van der Waals surface area contributed by atoms with Crippen LogP contribution in [0.4, 0.5) is 5.69 Å². The molecule has 0 amide bonds. The van der Waals surface area contributed by atoms with E-state index in [-0.39, 0.29) is 5.56 Å². The molecular weight excluding hydrogens is 202 g/mol. The smallest absolute Gasteiger partial charge is 0.249 e. The third-order valence-electron chi connectivity index (χ3n) is 2.88. The lowest BCUT2D eigenvalue weighted by atomic mass is 10.2. The van der Waals surface area contributed by atoms with Crippen molar-refractivity contribution in [3.05, 3.63) is 41.3 Å². The molecule has 1 saturated heterocycles. The molecule has 4 heteroatoms. The van der Waals surface area contributed by atoms with Gasteiger partial charge in [-0.1, -0.05) is 6.08 Å². The molecular formula is C12H17N3O. The number of aromatic amines is 1. The minimum atomic E-state index is -0.0361. The van der Waals surface area contributed by atoms with Gasteiger partial charge in [0.2, 0.25) is 5.56 Å². The summed E-state index contributed by atoms with van der Waals surface area (Å²) in [5.74, 6) is 0. The van der Waals surface area contributed by atoms with Crippen LogP contribution in [0.2, 0.25) is 0 Å². The SMILES string of the molecule is C=CCN1CCN(c2cc[nH]c(=O)c2)CC1. The summed E-state index contributed by atoms with van der Waals surface area (Å²) in [6.45, 7) is 8.68. The van der Waals surface area contributed by atoms with Gasteiger partial charge in [-0.15, -0.1) is 6.58 Å². The van der Waals surface area contributed by atoms with E-state index >= 15 is 0 Å². The van der Waals surface area contributed by atoms with Gasteiger partial charge in [-0.05, 0) is 6.07 Å². The van der Waals surface area contributed by atoms with Gasteiger partial charge in [-0.2, -0.15) is 0 Å². The molecule has 0 bridgehead atoms. The molecule has 1 aliphatic rings. The quantitative estimate of drug-likeness (QED) is 0.760. The summed E-state index contributed by atoms with van der Waals surface area (Å²) in [5, 5.41) is 0. The van der Waals surface area contributed by atoms with Crippen molar-refractivity contribution in [2.24, 2.45) is 0 Å². The summed E-state index contributed by atoms with van der Waals surface area (Å²) in [6.07, 6.45) is 3.64. The molecule has 2 heterocycles. The van der Waals surface area contributed by atoms with Crippen LogP contribution in [0.5, 0.6) is 0 Å². The third-order valence-corrected chi connectivity index (χ3v) is 2.88. The molecule has 16 heavy (non-hydrogen) atoms. The van der Waals surface area contributed by atoms with E-state index in [2.05, 4.69) is 21.4 Å². The van der Waals surface area contributed by atoms with Gasteiger partial charge in [0.05, 0.1) is 0 Å². The highest BCUT2D eigenvalue weighted by Gasteiger charge is 2.15. The van der Waals surface area contributed by atoms with Crippen molar-refractivity contribution in [3.63, 3.8) is 0 Å². The van der Waals surface area contributed by atoms with Crippen LogP contribution in [0.3, 0.4) is 0 Å². The summed E-state index contributed by atoms with van der Waals surface area (Å²) in [4.78, 5) is 18.4. The lowest BCUT2D eigenvalue weighted by Gasteiger charge is -2.35. The van der Waals surface area contributed by atoms with E-state index in [4.69, 9.17) is 0 Å². The number of aromatic nitrogens is 1. The Morgan fingerprint density at radius 2 is 2.12 bits per heavy atom. The number of nitrogens with one attached hydrogen (secondary N) is 1. The molecule has 1 aromatic heterocycles. The number of piperazine rings is 1. The molecule has 1 fully saturated rings. The fourth-order valence-corrected chi connectivity index (χ4v) is 2.00. The van der Waals surface area contributed by atoms with Gasteiger partial charge in [0.25, 0.3) is 0 Å². The fraction of sp³-hybridized carbons (Fsp3) is 0.417. The van der Waals surface area contributed by atoms with Crippen LogP contribution in [0.25, 0.3) is 0 Å². The maximum absolute atomic E-state index is 11.2. The first-order valence-corrected chi connectivity index (χ1v) is 5.56. The number of pyridine rings is 1. The monoisotopic (exact) mass is 219 g/mol. The van der Waals surface area contributed by atoms with Crippen molar-refractivity contribution in [1.29, 1.82) is 0 Å². The van der Waals surface area contributed by atoms with E-state index in [0.717, 1.165) is 38.4 Å². The highest BCUT2D eigenvalue weighted by Crippen LogP contribution is 2.12. The Morgan fingerprint density at radius 1 is 1.38 bits per heavy atom. The van der Waals surface area contributed by atoms with Crippen LogP contribution >= 0.6 is 0 Å². The van der Waals surface area contributed by atoms with Crippen LogP contribution in [0.15, 0.2) is 35.8 Å². The Labute approximate surface area is 95.2 Å². The van der Waals surface area contributed by atoms with Gasteiger partial charge in [0.1, 0.15) is 0 Å². The largest absolute Gasteiger partial charge is 0.369 e. The highest BCUT2D eigenvalue weighted by atomic mass is 16.1. The van der Waals surface area contributed by atoms with Gasteiger partial charge in [-0.25, -0.2) is 0 Å². The Kier molecular flexibility index (Phi) is 3.41. The van der Waals surface area contributed by atoms with Crippen LogP contribution in [-0.2, 0) is 0 Å². The van der Waals surface area contributed by atoms with Gasteiger partial charge in [0, 0.05) is 50.7 Å². The van der Waals surface area contributed by atoms with E-state index in [1.165, 1.54) is 0 Å². The fourth-order valence-electron chi connectivity index (χ4n) is 2.00. The Hall–Kier alpha value is -1.55. The van der Waals surface area contributed by atoms with Gasteiger partial charge >= 0.3 is 0 Å². The predicted octanol–water partition coefficient (Wildman–Crippen LogP) is 0.683. The van der Waals surface area contributed by atoms with Crippen molar-refractivity contribution < 1.29 is 0 Å². The summed E-state index contributed by atoms with van der Waals surface area (Å²) in [6, 6.07) is 3.60. The lowest BCUT2D eigenvalue weighted by Crippen LogP contribution is -2.46. The minimum absolute atomic E-state index is 0.0361. The average Bonchev–Trinajstić information content (AvgIpc) is 2.30. The molecule has 1 aliphatic heterocycles. The molecule has 1 aromatic rings. The first-order valence-electron chi connectivity index (χ1n) is 5.56. The molecule has 2 rings (SSSR count). The maximum atomic E-state index is 11.2. The number of hydrogen-bond donors (Lipinski definition) is 1. The maximum Gasteiger partial charge on any atom is 0.249 e. The summed E-state index contributed by atoms with van der Waals surface area (Å²) in [5.41, 5.74) is 0.980. The van der Waals surface area contributed by atoms with Gasteiger partial charge in [0.15, 0.2) is 0 Å². The molecule has 1 N–H and O–H groups in total. The Balaban J connectivity index is 1.99. The first-order chi connectivity index (χ1) is 7.79. The Morgan fingerprint density at radius 3 is 2.75 bits per heavy atom. The molecule has 0 aliphatic carbocycles. The van der Waals surface area contributed by atoms with Crippen molar-refractivity contribution in [3.8, 4) is 0 Å². The number of H-pyrrole nitrogens is 1. The van der Waals surface area contributed by atoms with E-state index in [9.17, 15) is 4.79 Å². The topological polar surface area (TPSA) is 39.3 Å². The minimum Gasteiger partial charge on any atom is -0.369 e. The molecule has 0 unspecified atom stereocenters. The van der Waals surface area contributed by atoms with E-state index in [1.54, 1.807) is 12.3 Å².